The summed E-state index contributed by atoms with van der Waals surface area (Å²) in [7, 11) is 0. The number of carbonyl (C=O) groups is 2. The molecule has 0 aliphatic heterocycles. The number of ketones is 2. The normalized spacial score (nSPS) is 12.6. The van der Waals surface area contributed by atoms with E-state index >= 15 is 0 Å². The zero-order chi connectivity index (χ0) is 19.9. The summed E-state index contributed by atoms with van der Waals surface area (Å²) in [5.41, 5.74) is 2.71. The molecular weight excluding hydrogens is 414 g/mol. The van der Waals surface area contributed by atoms with E-state index in [-0.39, 0.29) is 11.6 Å². The van der Waals surface area contributed by atoms with Crippen molar-refractivity contribution in [2.45, 2.75) is 58.3 Å². The molecule has 148 valence electrons. The van der Waals surface area contributed by atoms with Gasteiger partial charge in [0.2, 0.25) is 0 Å². The third-order valence-electron chi connectivity index (χ3n) is 5.37. The largest absolute Gasteiger partial charge is 0.384 e. The molecule has 2 aromatic rings. The van der Waals surface area contributed by atoms with Crippen molar-refractivity contribution in [1.82, 2.24) is 0 Å². The van der Waals surface area contributed by atoms with Crippen LogP contribution < -0.4 is 5.32 Å². The Balaban J connectivity index is 1.63. The maximum Gasteiger partial charge on any atom is 0.196 e. The number of rotatable bonds is 10. The molecule has 3 rings (SSSR count). The summed E-state index contributed by atoms with van der Waals surface area (Å²) in [4.78, 5) is 26.0. The molecule has 1 N–H and O–H groups in total. The van der Waals surface area contributed by atoms with E-state index in [1.807, 2.05) is 12.1 Å². The zero-order valence-electron chi connectivity index (χ0n) is 16.5. The minimum atomic E-state index is -0.0900. The lowest BCUT2D eigenvalue weighted by Gasteiger charge is -2.22. The second kappa shape index (κ2) is 10.0. The van der Waals surface area contributed by atoms with E-state index in [2.05, 4.69) is 28.2 Å². The molecule has 0 atom stereocenters. The average molecular weight is 442 g/mol. The highest BCUT2D eigenvalue weighted by Gasteiger charge is 2.33. The molecule has 0 fully saturated rings. The van der Waals surface area contributed by atoms with Crippen molar-refractivity contribution in [2.24, 2.45) is 0 Å². The summed E-state index contributed by atoms with van der Waals surface area (Å²) in [6, 6.07) is 10.8. The summed E-state index contributed by atoms with van der Waals surface area (Å²) in [6.45, 7) is 3.05. The molecule has 0 heterocycles. The van der Waals surface area contributed by atoms with Gasteiger partial charge in [-0.1, -0.05) is 92.1 Å². The van der Waals surface area contributed by atoms with Gasteiger partial charge in [-0.25, -0.2) is 0 Å². The monoisotopic (exact) mass is 441 g/mol. The Morgan fingerprint density at radius 1 is 0.750 bits per heavy atom. The van der Waals surface area contributed by atoms with E-state index in [9.17, 15) is 9.59 Å². The summed E-state index contributed by atoms with van der Waals surface area (Å²) < 4.78 is 0.674. The van der Waals surface area contributed by atoms with Crippen LogP contribution in [0.15, 0.2) is 40.9 Å². The molecule has 0 radical (unpaired) electrons. The lowest BCUT2D eigenvalue weighted by Crippen LogP contribution is -2.23. The number of unbranched alkanes of at least 4 members (excludes halogenated alkanes) is 7. The highest BCUT2D eigenvalue weighted by Crippen LogP contribution is 2.36. The Morgan fingerprint density at radius 2 is 1.32 bits per heavy atom. The lowest BCUT2D eigenvalue weighted by atomic mass is 9.83. The Kier molecular flexibility index (Phi) is 7.43. The number of anilines is 1. The van der Waals surface area contributed by atoms with Crippen LogP contribution in [0.2, 0.25) is 0 Å². The number of benzene rings is 2. The third-order valence-corrected chi connectivity index (χ3v) is 6.03. The number of fused-ring (bicyclic) bond motifs is 2. The van der Waals surface area contributed by atoms with Crippen LogP contribution in [0.3, 0.4) is 0 Å². The number of halogens is 1. The molecule has 28 heavy (non-hydrogen) atoms. The lowest BCUT2D eigenvalue weighted by molar-refractivity contribution is 0.0979. The summed E-state index contributed by atoms with van der Waals surface area (Å²) >= 11 is 3.46. The highest BCUT2D eigenvalue weighted by atomic mass is 79.9. The van der Waals surface area contributed by atoms with Gasteiger partial charge in [0, 0.05) is 33.4 Å². The predicted molar refractivity (Wildman–Crippen MR) is 119 cm³/mol. The number of nitrogens with one attached hydrogen (secondary N) is 1. The van der Waals surface area contributed by atoms with E-state index in [0.717, 1.165) is 18.7 Å². The first-order chi connectivity index (χ1) is 13.6. The molecule has 1 aliphatic carbocycles. The van der Waals surface area contributed by atoms with Crippen molar-refractivity contribution < 1.29 is 9.59 Å². The van der Waals surface area contributed by atoms with Crippen LogP contribution in [-0.2, 0) is 0 Å². The Morgan fingerprint density at radius 3 is 1.96 bits per heavy atom. The summed E-state index contributed by atoms with van der Waals surface area (Å²) in [5.74, 6) is -0.169. The zero-order valence-corrected chi connectivity index (χ0v) is 18.1. The Labute approximate surface area is 176 Å². The minimum absolute atomic E-state index is 0.0788. The standard InChI is InChI=1S/C24H28BrNO2/c1-2-3-4-5-6-7-8-11-16-26-20-15-14-19(25)21-22(20)24(28)18-13-10-9-12-17(18)23(21)27/h9-10,12-15,26H,2-8,11,16H2,1H3. The van der Waals surface area contributed by atoms with Gasteiger partial charge in [0.05, 0.1) is 5.56 Å². The molecule has 0 saturated carbocycles. The fraction of sp³-hybridized carbons (Fsp3) is 0.417. The Hall–Kier alpha value is -1.94. The predicted octanol–water partition coefficient (Wildman–Crippen LogP) is 6.78. The van der Waals surface area contributed by atoms with Crippen molar-refractivity contribution in [3.63, 3.8) is 0 Å². The van der Waals surface area contributed by atoms with Crippen LogP contribution in [0.4, 0.5) is 5.69 Å². The third kappa shape index (κ3) is 4.54. The molecule has 3 nitrogen and oxygen atoms in total. The van der Waals surface area contributed by atoms with Crippen LogP contribution in [-0.4, -0.2) is 18.1 Å². The van der Waals surface area contributed by atoms with Gasteiger partial charge < -0.3 is 5.32 Å². The van der Waals surface area contributed by atoms with Crippen molar-refractivity contribution >= 4 is 33.2 Å². The smallest absolute Gasteiger partial charge is 0.196 e. The first-order valence-corrected chi connectivity index (χ1v) is 11.2. The van der Waals surface area contributed by atoms with E-state index in [1.54, 1.807) is 24.3 Å². The van der Waals surface area contributed by atoms with Crippen molar-refractivity contribution in [3.05, 3.63) is 63.1 Å². The van der Waals surface area contributed by atoms with Crippen LogP contribution in [0.5, 0.6) is 0 Å². The molecule has 0 amide bonds. The van der Waals surface area contributed by atoms with Gasteiger partial charge >= 0.3 is 0 Å². The van der Waals surface area contributed by atoms with Crippen LogP contribution >= 0.6 is 15.9 Å². The van der Waals surface area contributed by atoms with Crippen molar-refractivity contribution in [1.29, 1.82) is 0 Å². The van der Waals surface area contributed by atoms with Gasteiger partial charge in [0.25, 0.3) is 0 Å². The second-order valence-corrected chi connectivity index (χ2v) is 8.30. The molecule has 0 unspecified atom stereocenters. The van der Waals surface area contributed by atoms with Gasteiger partial charge in [-0.3, -0.25) is 9.59 Å². The maximum absolute atomic E-state index is 13.1. The first-order valence-electron chi connectivity index (χ1n) is 10.4. The van der Waals surface area contributed by atoms with Crippen LogP contribution in [0, 0.1) is 0 Å². The fourth-order valence-electron chi connectivity index (χ4n) is 3.81. The molecule has 0 bridgehead atoms. The summed E-state index contributed by atoms with van der Waals surface area (Å²) in [5, 5.41) is 3.40. The van der Waals surface area contributed by atoms with Crippen LogP contribution in [0.25, 0.3) is 0 Å². The maximum atomic E-state index is 13.1. The Bertz CT molecular complexity index is 860. The van der Waals surface area contributed by atoms with E-state index in [4.69, 9.17) is 0 Å². The number of carbonyl (C=O) groups excluding carboxylic acids is 2. The molecule has 4 heteroatoms. The number of hydrogen-bond acceptors (Lipinski definition) is 3. The number of hydrogen-bond donors (Lipinski definition) is 1. The van der Waals surface area contributed by atoms with Crippen molar-refractivity contribution in [3.8, 4) is 0 Å². The fourth-order valence-corrected chi connectivity index (χ4v) is 4.32. The first kappa shape index (κ1) is 20.8. The van der Waals surface area contributed by atoms with E-state index in [1.165, 1.54) is 44.9 Å². The SMILES string of the molecule is CCCCCCCCCCNc1ccc(Br)c2c1C(=O)c1ccccc1C2=O. The van der Waals surface area contributed by atoms with Crippen molar-refractivity contribution in [2.75, 3.05) is 11.9 Å². The van der Waals surface area contributed by atoms with E-state index < -0.39 is 0 Å². The molecule has 0 spiro atoms. The van der Waals surface area contributed by atoms with E-state index in [0.29, 0.717) is 26.7 Å². The van der Waals surface area contributed by atoms with Crippen LogP contribution in [0.1, 0.15) is 90.1 Å². The molecule has 0 saturated heterocycles. The average Bonchev–Trinajstić information content (AvgIpc) is 2.71. The summed E-state index contributed by atoms with van der Waals surface area (Å²) in [6.07, 6.45) is 10.1. The minimum Gasteiger partial charge on any atom is -0.384 e. The van der Waals surface area contributed by atoms with Gasteiger partial charge in [0.15, 0.2) is 11.6 Å². The molecular formula is C24H28BrNO2. The van der Waals surface area contributed by atoms with Gasteiger partial charge in [0.1, 0.15) is 0 Å². The topological polar surface area (TPSA) is 46.2 Å². The molecule has 1 aliphatic rings. The molecule has 2 aromatic carbocycles. The van der Waals surface area contributed by atoms with Gasteiger partial charge in [-0.15, -0.1) is 0 Å². The van der Waals surface area contributed by atoms with Gasteiger partial charge in [-0.05, 0) is 18.6 Å². The highest BCUT2D eigenvalue weighted by molar-refractivity contribution is 9.10. The quantitative estimate of drug-likeness (QED) is 0.352. The molecule has 0 aromatic heterocycles. The van der Waals surface area contributed by atoms with Gasteiger partial charge in [-0.2, -0.15) is 0 Å². The second-order valence-electron chi connectivity index (χ2n) is 7.45.